The highest BCUT2D eigenvalue weighted by molar-refractivity contribution is 9.10. The van der Waals surface area contributed by atoms with Crippen LogP contribution in [0.15, 0.2) is 45.3 Å². The fraction of sp³-hybridized carbons (Fsp3) is 0.0714. The molecule has 0 saturated carbocycles. The minimum atomic E-state index is -0.561. The molecular weight excluding hydrogens is 382 g/mol. The van der Waals surface area contributed by atoms with Gasteiger partial charge in [-0.2, -0.15) is 0 Å². The van der Waals surface area contributed by atoms with E-state index in [9.17, 15) is 13.6 Å². The maximum atomic E-state index is 13.6. The average Bonchev–Trinajstić information content (AvgIpc) is 2.36. The Morgan fingerprint density at radius 1 is 1.00 bits per heavy atom. The Morgan fingerprint density at radius 2 is 1.68 bits per heavy atom. The van der Waals surface area contributed by atoms with Gasteiger partial charge in [0.2, 0.25) is 0 Å². The smallest absolute Gasteiger partial charge is 0.170 e. The van der Waals surface area contributed by atoms with Gasteiger partial charge in [0.1, 0.15) is 11.6 Å². The number of halogens is 4. The molecule has 0 N–H and O–H groups in total. The first-order chi connectivity index (χ1) is 8.97. The summed E-state index contributed by atoms with van der Waals surface area (Å²) in [5.41, 5.74) is 0.646. The zero-order chi connectivity index (χ0) is 14.0. The monoisotopic (exact) mass is 388 g/mol. The van der Waals surface area contributed by atoms with Gasteiger partial charge in [0.25, 0.3) is 0 Å². The quantitative estimate of drug-likeness (QED) is 0.681. The summed E-state index contributed by atoms with van der Waals surface area (Å²) in [5, 5.41) is 0. The van der Waals surface area contributed by atoms with Crippen molar-refractivity contribution in [2.75, 3.05) is 0 Å². The maximum Gasteiger partial charge on any atom is 0.170 e. The molecule has 0 spiro atoms. The van der Waals surface area contributed by atoms with Gasteiger partial charge in [-0.25, -0.2) is 8.78 Å². The van der Waals surface area contributed by atoms with E-state index in [0.717, 1.165) is 0 Å². The standard InChI is InChI=1S/C14H8Br2F2O/c15-9-2-4-12(17)10(7-9)14(19)6-8-1-3-13(18)11(16)5-8/h1-5,7H,6H2. The third-order valence-corrected chi connectivity index (χ3v) is 3.68. The molecule has 2 aromatic carbocycles. The van der Waals surface area contributed by atoms with Crippen molar-refractivity contribution in [1.82, 2.24) is 0 Å². The van der Waals surface area contributed by atoms with E-state index in [4.69, 9.17) is 0 Å². The van der Waals surface area contributed by atoms with Crippen molar-refractivity contribution in [2.24, 2.45) is 0 Å². The summed E-state index contributed by atoms with van der Waals surface area (Å²) in [4.78, 5) is 12.0. The molecule has 5 heteroatoms. The molecule has 98 valence electrons. The maximum absolute atomic E-state index is 13.6. The molecule has 0 unspecified atom stereocenters. The van der Waals surface area contributed by atoms with E-state index in [0.29, 0.717) is 10.0 Å². The van der Waals surface area contributed by atoms with Gasteiger partial charge in [-0.15, -0.1) is 0 Å². The van der Waals surface area contributed by atoms with Crippen molar-refractivity contribution in [3.63, 3.8) is 0 Å². The minimum absolute atomic E-state index is 0.0201. The summed E-state index contributed by atoms with van der Waals surface area (Å²) >= 11 is 6.25. The second kappa shape index (κ2) is 5.92. The Kier molecular flexibility index (Phi) is 4.47. The molecule has 0 aliphatic heterocycles. The van der Waals surface area contributed by atoms with Crippen LogP contribution in [0.5, 0.6) is 0 Å². The van der Waals surface area contributed by atoms with Gasteiger partial charge in [0.15, 0.2) is 5.78 Å². The molecule has 1 nitrogen and oxygen atoms in total. The van der Waals surface area contributed by atoms with Crippen LogP contribution >= 0.6 is 31.9 Å². The first-order valence-electron chi connectivity index (χ1n) is 5.39. The molecule has 0 aliphatic rings. The summed E-state index contributed by atoms with van der Waals surface area (Å²) in [6.45, 7) is 0. The number of carbonyl (C=O) groups is 1. The summed E-state index contributed by atoms with van der Waals surface area (Å²) in [6.07, 6.45) is 0.0201. The summed E-state index contributed by atoms with van der Waals surface area (Å²) < 4.78 is 27.6. The van der Waals surface area contributed by atoms with E-state index in [1.807, 2.05) is 0 Å². The summed E-state index contributed by atoms with van der Waals surface area (Å²) in [7, 11) is 0. The van der Waals surface area contributed by atoms with Crippen LogP contribution in [0.25, 0.3) is 0 Å². The molecule has 0 bridgehead atoms. The lowest BCUT2D eigenvalue weighted by atomic mass is 10.0. The Hall–Kier alpha value is -1.07. The molecule has 0 radical (unpaired) electrons. The molecule has 2 rings (SSSR count). The summed E-state index contributed by atoms with van der Waals surface area (Å²) in [5.74, 6) is -1.31. The minimum Gasteiger partial charge on any atom is -0.294 e. The molecule has 0 fully saturated rings. The second-order valence-electron chi connectivity index (χ2n) is 3.97. The van der Waals surface area contributed by atoms with Crippen LogP contribution in [-0.2, 0) is 6.42 Å². The van der Waals surface area contributed by atoms with Crippen molar-refractivity contribution < 1.29 is 13.6 Å². The van der Waals surface area contributed by atoms with E-state index in [-0.39, 0.29) is 22.2 Å². The lowest BCUT2D eigenvalue weighted by molar-refractivity contribution is 0.0989. The van der Waals surface area contributed by atoms with Crippen LogP contribution in [-0.4, -0.2) is 5.78 Å². The number of hydrogen-bond donors (Lipinski definition) is 0. The SMILES string of the molecule is O=C(Cc1ccc(F)c(Br)c1)c1cc(Br)ccc1F. The van der Waals surface area contributed by atoms with Crippen molar-refractivity contribution in [1.29, 1.82) is 0 Å². The number of carbonyl (C=O) groups excluding carboxylic acids is 1. The van der Waals surface area contributed by atoms with Gasteiger partial charge < -0.3 is 0 Å². The average molecular weight is 390 g/mol. The molecule has 0 heterocycles. The Labute approximate surface area is 125 Å². The lowest BCUT2D eigenvalue weighted by Gasteiger charge is -2.05. The first-order valence-corrected chi connectivity index (χ1v) is 6.98. The van der Waals surface area contributed by atoms with Crippen molar-refractivity contribution in [2.45, 2.75) is 6.42 Å². The van der Waals surface area contributed by atoms with Gasteiger partial charge in [0, 0.05) is 10.9 Å². The van der Waals surface area contributed by atoms with Gasteiger partial charge in [0.05, 0.1) is 10.0 Å². The highest BCUT2D eigenvalue weighted by Gasteiger charge is 2.13. The number of hydrogen-bond acceptors (Lipinski definition) is 1. The fourth-order valence-corrected chi connectivity index (χ4v) is 2.43. The van der Waals surface area contributed by atoms with Gasteiger partial charge >= 0.3 is 0 Å². The molecular formula is C14H8Br2F2O. The number of benzene rings is 2. The van der Waals surface area contributed by atoms with Crippen LogP contribution in [0.2, 0.25) is 0 Å². The third kappa shape index (κ3) is 3.48. The first kappa shape index (κ1) is 14.3. The van der Waals surface area contributed by atoms with Crippen LogP contribution in [0.1, 0.15) is 15.9 Å². The highest BCUT2D eigenvalue weighted by Crippen LogP contribution is 2.20. The van der Waals surface area contributed by atoms with Gasteiger partial charge in [-0.05, 0) is 51.8 Å². The zero-order valence-electron chi connectivity index (χ0n) is 9.59. The molecule has 0 aliphatic carbocycles. The third-order valence-electron chi connectivity index (χ3n) is 2.58. The van der Waals surface area contributed by atoms with Crippen LogP contribution in [0, 0.1) is 11.6 Å². The van der Waals surface area contributed by atoms with E-state index in [1.54, 1.807) is 0 Å². The predicted octanol–water partition coefficient (Wildman–Crippen LogP) is 4.92. The molecule has 2 aromatic rings. The predicted molar refractivity (Wildman–Crippen MR) is 76.2 cm³/mol. The number of ketones is 1. The Balaban J connectivity index is 2.25. The number of Topliss-reactive ketones (excluding diaryl/α,β-unsaturated/α-hetero) is 1. The zero-order valence-corrected chi connectivity index (χ0v) is 12.8. The lowest BCUT2D eigenvalue weighted by Crippen LogP contribution is -2.06. The van der Waals surface area contributed by atoms with E-state index >= 15 is 0 Å². The second-order valence-corrected chi connectivity index (χ2v) is 5.74. The van der Waals surface area contributed by atoms with Crippen molar-refractivity contribution >= 4 is 37.6 Å². The van der Waals surface area contributed by atoms with Crippen molar-refractivity contribution in [3.05, 3.63) is 68.1 Å². The van der Waals surface area contributed by atoms with Crippen LogP contribution in [0.4, 0.5) is 8.78 Å². The molecule has 0 atom stereocenters. The van der Waals surface area contributed by atoms with E-state index in [2.05, 4.69) is 31.9 Å². The van der Waals surface area contributed by atoms with Crippen molar-refractivity contribution in [3.8, 4) is 0 Å². The summed E-state index contributed by atoms with van der Waals surface area (Å²) in [6, 6.07) is 8.50. The van der Waals surface area contributed by atoms with Crippen LogP contribution in [0.3, 0.4) is 0 Å². The van der Waals surface area contributed by atoms with E-state index < -0.39 is 11.6 Å². The van der Waals surface area contributed by atoms with Gasteiger partial charge in [-0.3, -0.25) is 4.79 Å². The van der Waals surface area contributed by atoms with Gasteiger partial charge in [-0.1, -0.05) is 22.0 Å². The van der Waals surface area contributed by atoms with E-state index in [1.165, 1.54) is 36.4 Å². The highest BCUT2D eigenvalue weighted by atomic mass is 79.9. The molecule has 19 heavy (non-hydrogen) atoms. The topological polar surface area (TPSA) is 17.1 Å². The Bertz CT molecular complexity index is 641. The largest absolute Gasteiger partial charge is 0.294 e. The number of rotatable bonds is 3. The fourth-order valence-electron chi connectivity index (χ4n) is 1.64. The Morgan fingerprint density at radius 3 is 2.37 bits per heavy atom. The molecule has 0 aromatic heterocycles. The molecule has 0 amide bonds. The van der Waals surface area contributed by atoms with Crippen LogP contribution < -0.4 is 0 Å². The molecule has 0 saturated heterocycles. The normalized spacial score (nSPS) is 10.5.